The largest absolute Gasteiger partial charge is 0.347 e. The van der Waals surface area contributed by atoms with Crippen molar-refractivity contribution in [1.29, 1.82) is 0 Å². The van der Waals surface area contributed by atoms with Gasteiger partial charge in [0.2, 0.25) is 0 Å². The van der Waals surface area contributed by atoms with Crippen LogP contribution >= 0.6 is 0 Å². The Morgan fingerprint density at radius 3 is 2.48 bits per heavy atom. The first-order valence-electron chi connectivity index (χ1n) is 12.4. The highest BCUT2D eigenvalue weighted by Gasteiger charge is 2.21. The average Bonchev–Trinajstić information content (AvgIpc) is 3.20. The first-order chi connectivity index (χ1) is 16.0. The zero-order valence-electron chi connectivity index (χ0n) is 20.6. The highest BCUT2D eigenvalue weighted by molar-refractivity contribution is 6.08. The maximum Gasteiger partial charge on any atom is 0.161 e. The molecule has 0 bridgehead atoms. The van der Waals surface area contributed by atoms with Gasteiger partial charge in [0, 0.05) is 34.9 Å². The van der Waals surface area contributed by atoms with E-state index in [4.69, 9.17) is 4.99 Å². The molecule has 0 aliphatic carbocycles. The van der Waals surface area contributed by atoms with E-state index in [0.29, 0.717) is 5.92 Å². The number of fused-ring (bicyclic) bond motifs is 1. The zero-order valence-corrected chi connectivity index (χ0v) is 20.6. The number of aliphatic imine (C=N–C) groups is 1. The number of ketones is 1. The Kier molecular flexibility index (Phi) is 7.44. The van der Waals surface area contributed by atoms with Crippen molar-refractivity contribution in [3.63, 3.8) is 0 Å². The molecule has 0 N–H and O–H groups in total. The molecule has 1 aliphatic rings. The van der Waals surface area contributed by atoms with Crippen molar-refractivity contribution in [1.82, 2.24) is 9.47 Å². The third kappa shape index (κ3) is 5.27. The SMILES string of the molecule is CCc1cccc2c1c(C(C)=O)cn2CCCN1CCC(C(C)=Nc2ccccc2C)CC1. The van der Waals surface area contributed by atoms with Crippen LogP contribution in [0.25, 0.3) is 10.9 Å². The standard InChI is InChI=1S/C29H37N3O/c1-5-24-11-8-13-28-29(24)26(23(4)33)20-32(28)17-9-16-31-18-14-25(15-19-31)22(3)30-27-12-7-6-10-21(27)2/h6-8,10-13,20,25H,5,9,14-19H2,1-4H3. The quantitative estimate of drug-likeness (QED) is 0.290. The van der Waals surface area contributed by atoms with Gasteiger partial charge < -0.3 is 9.47 Å². The molecular weight excluding hydrogens is 406 g/mol. The molecule has 0 atom stereocenters. The smallest absolute Gasteiger partial charge is 0.161 e. The number of para-hydroxylation sites is 1. The molecule has 0 saturated carbocycles. The number of rotatable bonds is 8. The van der Waals surface area contributed by atoms with Crippen molar-refractivity contribution in [2.45, 2.75) is 59.9 Å². The van der Waals surface area contributed by atoms with Crippen LogP contribution < -0.4 is 0 Å². The normalized spacial score (nSPS) is 15.9. The topological polar surface area (TPSA) is 37.6 Å². The first-order valence-corrected chi connectivity index (χ1v) is 12.4. The molecule has 1 saturated heterocycles. The molecule has 0 radical (unpaired) electrons. The molecule has 2 aromatic carbocycles. The molecule has 0 spiro atoms. The fourth-order valence-electron chi connectivity index (χ4n) is 5.18. The third-order valence-electron chi connectivity index (χ3n) is 7.22. The van der Waals surface area contributed by atoms with Crippen LogP contribution in [0.5, 0.6) is 0 Å². The number of nitrogens with zero attached hydrogens (tertiary/aromatic N) is 3. The third-order valence-corrected chi connectivity index (χ3v) is 7.22. The molecule has 1 aromatic heterocycles. The Hall–Kier alpha value is -2.72. The second-order valence-corrected chi connectivity index (χ2v) is 9.47. The second kappa shape index (κ2) is 10.5. The van der Waals surface area contributed by atoms with Crippen LogP contribution in [0.4, 0.5) is 5.69 Å². The van der Waals surface area contributed by atoms with Gasteiger partial charge in [-0.05, 0) is 95.3 Å². The second-order valence-electron chi connectivity index (χ2n) is 9.47. The van der Waals surface area contributed by atoms with E-state index in [9.17, 15) is 4.79 Å². The summed E-state index contributed by atoms with van der Waals surface area (Å²) in [5.41, 5.74) is 6.94. The summed E-state index contributed by atoms with van der Waals surface area (Å²) in [6.45, 7) is 12.5. The van der Waals surface area contributed by atoms with E-state index < -0.39 is 0 Å². The van der Waals surface area contributed by atoms with Gasteiger partial charge >= 0.3 is 0 Å². The molecule has 3 aromatic rings. The lowest BCUT2D eigenvalue weighted by Crippen LogP contribution is -2.36. The summed E-state index contributed by atoms with van der Waals surface area (Å²) in [7, 11) is 0. The number of hydrogen-bond acceptors (Lipinski definition) is 3. The maximum absolute atomic E-state index is 12.3. The molecule has 33 heavy (non-hydrogen) atoms. The summed E-state index contributed by atoms with van der Waals surface area (Å²) in [5, 5.41) is 1.15. The lowest BCUT2D eigenvalue weighted by atomic mass is 9.92. The number of carbonyl (C=O) groups is 1. The van der Waals surface area contributed by atoms with Crippen LogP contribution in [0.1, 0.15) is 61.5 Å². The highest BCUT2D eigenvalue weighted by atomic mass is 16.1. The monoisotopic (exact) mass is 443 g/mol. The van der Waals surface area contributed by atoms with E-state index in [-0.39, 0.29) is 5.78 Å². The Morgan fingerprint density at radius 1 is 1.03 bits per heavy atom. The molecule has 174 valence electrons. The van der Waals surface area contributed by atoms with E-state index >= 15 is 0 Å². The number of carbonyl (C=O) groups excluding carboxylic acids is 1. The minimum Gasteiger partial charge on any atom is -0.347 e. The molecule has 4 rings (SSSR count). The predicted octanol–water partition coefficient (Wildman–Crippen LogP) is 6.61. The minimum absolute atomic E-state index is 0.157. The number of Topliss-reactive ketones (excluding diaryl/α,β-unsaturated/α-hetero) is 1. The zero-order chi connectivity index (χ0) is 23.4. The van der Waals surface area contributed by atoms with E-state index in [1.165, 1.54) is 35.2 Å². The van der Waals surface area contributed by atoms with Crippen LogP contribution in [0, 0.1) is 12.8 Å². The molecular formula is C29H37N3O. The van der Waals surface area contributed by atoms with Crippen molar-refractivity contribution in [2.75, 3.05) is 19.6 Å². The molecule has 4 nitrogen and oxygen atoms in total. The number of piperidine rings is 1. The van der Waals surface area contributed by atoms with Crippen LogP contribution in [0.15, 0.2) is 53.7 Å². The summed E-state index contributed by atoms with van der Waals surface area (Å²) in [4.78, 5) is 19.8. The van der Waals surface area contributed by atoms with Gasteiger partial charge in [-0.25, -0.2) is 0 Å². The average molecular weight is 444 g/mol. The Morgan fingerprint density at radius 2 is 1.79 bits per heavy atom. The van der Waals surface area contributed by atoms with Gasteiger partial charge in [0.15, 0.2) is 5.78 Å². The van der Waals surface area contributed by atoms with Crippen molar-refractivity contribution in [2.24, 2.45) is 10.9 Å². The first kappa shape index (κ1) is 23.4. The van der Waals surface area contributed by atoms with Gasteiger partial charge in [-0.1, -0.05) is 37.3 Å². The number of aromatic nitrogens is 1. The van der Waals surface area contributed by atoms with Crippen LogP contribution in [0.2, 0.25) is 0 Å². The van der Waals surface area contributed by atoms with Gasteiger partial charge in [-0.15, -0.1) is 0 Å². The van der Waals surface area contributed by atoms with Gasteiger partial charge in [0.1, 0.15) is 0 Å². The summed E-state index contributed by atoms with van der Waals surface area (Å²) in [6, 6.07) is 14.8. The molecule has 0 amide bonds. The van der Waals surface area contributed by atoms with Gasteiger partial charge in [0.25, 0.3) is 0 Å². The predicted molar refractivity (Wildman–Crippen MR) is 139 cm³/mol. The fraction of sp³-hybridized carbons (Fsp3) is 0.448. The van der Waals surface area contributed by atoms with Crippen molar-refractivity contribution in [3.05, 3.63) is 65.4 Å². The summed E-state index contributed by atoms with van der Waals surface area (Å²) in [6.07, 6.45) is 6.48. The molecule has 4 heteroatoms. The molecule has 2 heterocycles. The molecule has 0 unspecified atom stereocenters. The van der Waals surface area contributed by atoms with E-state index in [0.717, 1.165) is 55.7 Å². The summed E-state index contributed by atoms with van der Waals surface area (Å²) >= 11 is 0. The van der Waals surface area contributed by atoms with Crippen LogP contribution in [-0.2, 0) is 13.0 Å². The lowest BCUT2D eigenvalue weighted by molar-refractivity contribution is 0.101. The lowest BCUT2D eigenvalue weighted by Gasteiger charge is -2.32. The minimum atomic E-state index is 0.157. The van der Waals surface area contributed by atoms with Gasteiger partial charge in [-0.2, -0.15) is 0 Å². The molecule has 1 aliphatic heterocycles. The Labute approximate surface area is 198 Å². The van der Waals surface area contributed by atoms with Crippen LogP contribution in [0.3, 0.4) is 0 Å². The van der Waals surface area contributed by atoms with E-state index in [2.05, 4.69) is 78.9 Å². The summed E-state index contributed by atoms with van der Waals surface area (Å²) < 4.78 is 2.29. The number of likely N-dealkylation sites (tertiary alicyclic amines) is 1. The van der Waals surface area contributed by atoms with Crippen molar-refractivity contribution in [3.8, 4) is 0 Å². The van der Waals surface area contributed by atoms with E-state index in [1.807, 2.05) is 0 Å². The molecule has 1 fully saturated rings. The van der Waals surface area contributed by atoms with Crippen LogP contribution in [-0.4, -0.2) is 40.6 Å². The summed E-state index contributed by atoms with van der Waals surface area (Å²) in [5.74, 6) is 0.740. The maximum atomic E-state index is 12.3. The Bertz CT molecular complexity index is 1150. The highest BCUT2D eigenvalue weighted by Crippen LogP contribution is 2.27. The van der Waals surface area contributed by atoms with Crippen molar-refractivity contribution >= 4 is 28.1 Å². The van der Waals surface area contributed by atoms with Gasteiger partial charge in [-0.3, -0.25) is 9.79 Å². The van der Waals surface area contributed by atoms with E-state index in [1.54, 1.807) is 6.92 Å². The van der Waals surface area contributed by atoms with Gasteiger partial charge in [0.05, 0.1) is 5.69 Å². The number of benzene rings is 2. The van der Waals surface area contributed by atoms with Crippen molar-refractivity contribution < 1.29 is 4.79 Å². The number of aryl methyl sites for hydroxylation is 3. The fourth-order valence-corrected chi connectivity index (χ4v) is 5.18. The number of hydrogen-bond donors (Lipinski definition) is 0. The Balaban J connectivity index is 1.33.